The van der Waals surface area contributed by atoms with E-state index in [0.29, 0.717) is 5.56 Å². The van der Waals surface area contributed by atoms with Gasteiger partial charge in [0.25, 0.3) is 5.91 Å². The van der Waals surface area contributed by atoms with Gasteiger partial charge in [-0.3, -0.25) is 4.79 Å². The minimum Gasteiger partial charge on any atom is -0.508 e. The first-order chi connectivity index (χ1) is 14.0. The highest BCUT2D eigenvalue weighted by atomic mass is 16.5. The number of benzene rings is 2. The molecule has 5 nitrogen and oxygen atoms in total. The standard InChI is InChI=1S/C24H30N2O3/c1-26-14-13-23(19-9-6-10-21(27)15-19)16-20(11-12-24(23,17-26)29-2)25-22(28)18-7-4-3-5-8-18/h3-10,15,20,27H,11-14,16-17H2,1-2H3,(H,25,28)/t20-,23?,24?/m1/s1. The van der Waals surface area contributed by atoms with Gasteiger partial charge in [0.15, 0.2) is 0 Å². The summed E-state index contributed by atoms with van der Waals surface area (Å²) in [6.45, 7) is 1.80. The topological polar surface area (TPSA) is 61.8 Å². The van der Waals surface area contributed by atoms with E-state index in [9.17, 15) is 9.90 Å². The van der Waals surface area contributed by atoms with Gasteiger partial charge in [0, 0.05) is 30.7 Å². The number of amides is 1. The van der Waals surface area contributed by atoms with Crippen LogP contribution in [0, 0.1) is 0 Å². The molecule has 0 bridgehead atoms. The maximum Gasteiger partial charge on any atom is 0.251 e. The third-order valence-electron chi connectivity index (χ3n) is 6.97. The number of nitrogens with one attached hydrogen (secondary N) is 1. The molecule has 1 aliphatic heterocycles. The molecule has 1 amide bonds. The average Bonchev–Trinajstić information content (AvgIpc) is 2.74. The fourth-order valence-corrected chi connectivity index (χ4v) is 5.48. The summed E-state index contributed by atoms with van der Waals surface area (Å²) in [5, 5.41) is 13.4. The monoisotopic (exact) mass is 394 g/mol. The first-order valence-electron chi connectivity index (χ1n) is 10.4. The van der Waals surface area contributed by atoms with E-state index < -0.39 is 0 Å². The first kappa shape index (κ1) is 19.9. The highest BCUT2D eigenvalue weighted by Crippen LogP contribution is 2.53. The van der Waals surface area contributed by atoms with Gasteiger partial charge in [0.1, 0.15) is 5.75 Å². The van der Waals surface area contributed by atoms with E-state index in [1.54, 1.807) is 13.2 Å². The third-order valence-corrected chi connectivity index (χ3v) is 6.97. The smallest absolute Gasteiger partial charge is 0.251 e. The van der Waals surface area contributed by atoms with E-state index in [-0.39, 0.29) is 28.7 Å². The van der Waals surface area contributed by atoms with Crippen molar-refractivity contribution in [1.29, 1.82) is 0 Å². The van der Waals surface area contributed by atoms with Crippen molar-refractivity contribution >= 4 is 5.91 Å². The summed E-state index contributed by atoms with van der Waals surface area (Å²) in [7, 11) is 3.94. The van der Waals surface area contributed by atoms with Crippen LogP contribution in [0.25, 0.3) is 0 Å². The number of phenols is 1. The minimum absolute atomic E-state index is 0.0282. The summed E-state index contributed by atoms with van der Waals surface area (Å²) in [6, 6.07) is 17.0. The quantitative estimate of drug-likeness (QED) is 0.835. The van der Waals surface area contributed by atoms with Gasteiger partial charge in [-0.2, -0.15) is 0 Å². The Morgan fingerprint density at radius 1 is 1.17 bits per heavy atom. The van der Waals surface area contributed by atoms with E-state index in [4.69, 9.17) is 4.74 Å². The number of methoxy groups -OCH3 is 1. The lowest BCUT2D eigenvalue weighted by atomic mass is 9.55. The predicted octanol–water partition coefficient (Wildman–Crippen LogP) is 3.33. The van der Waals surface area contributed by atoms with Crippen molar-refractivity contribution < 1.29 is 14.6 Å². The number of likely N-dealkylation sites (N-methyl/N-ethyl adjacent to an activating group) is 1. The number of likely N-dealkylation sites (tertiary alicyclic amines) is 1. The Morgan fingerprint density at radius 2 is 1.97 bits per heavy atom. The van der Waals surface area contributed by atoms with Gasteiger partial charge in [-0.1, -0.05) is 30.3 Å². The van der Waals surface area contributed by atoms with Crippen molar-refractivity contribution in [3.8, 4) is 5.75 Å². The molecule has 0 spiro atoms. The number of hydrogen-bond donors (Lipinski definition) is 2. The van der Waals surface area contributed by atoms with E-state index in [0.717, 1.165) is 44.3 Å². The van der Waals surface area contributed by atoms with E-state index in [2.05, 4.69) is 23.3 Å². The highest BCUT2D eigenvalue weighted by molar-refractivity contribution is 5.94. The summed E-state index contributed by atoms with van der Waals surface area (Å²) in [4.78, 5) is 15.1. The second kappa shape index (κ2) is 7.81. The molecule has 0 radical (unpaired) electrons. The van der Waals surface area contributed by atoms with Crippen molar-refractivity contribution in [2.75, 3.05) is 27.2 Å². The number of carbonyl (C=O) groups excluding carboxylic acids is 1. The first-order valence-corrected chi connectivity index (χ1v) is 10.4. The Labute approximate surface area is 172 Å². The van der Waals surface area contributed by atoms with Crippen molar-refractivity contribution in [1.82, 2.24) is 10.2 Å². The molecule has 2 N–H and O–H groups in total. The fraction of sp³-hybridized carbons (Fsp3) is 0.458. The normalized spacial score (nSPS) is 29.8. The molecule has 2 aromatic carbocycles. The number of nitrogens with zero attached hydrogens (tertiary/aromatic N) is 1. The van der Waals surface area contributed by atoms with Crippen LogP contribution in [0.15, 0.2) is 54.6 Å². The molecule has 1 aliphatic carbocycles. The van der Waals surface area contributed by atoms with Crippen molar-refractivity contribution in [3.05, 3.63) is 65.7 Å². The molecule has 0 aromatic heterocycles. The molecule has 3 atom stereocenters. The molecule has 1 saturated heterocycles. The maximum absolute atomic E-state index is 12.8. The lowest BCUT2D eigenvalue weighted by Gasteiger charge is -2.59. The Kier molecular flexibility index (Phi) is 5.36. The molecule has 4 rings (SSSR count). The largest absolute Gasteiger partial charge is 0.508 e. The van der Waals surface area contributed by atoms with E-state index in [1.165, 1.54) is 0 Å². The Balaban J connectivity index is 1.67. The molecule has 2 aliphatic rings. The zero-order valence-corrected chi connectivity index (χ0v) is 17.2. The summed E-state index contributed by atoms with van der Waals surface area (Å²) in [5.74, 6) is 0.246. The van der Waals surface area contributed by atoms with Crippen molar-refractivity contribution in [2.24, 2.45) is 0 Å². The Hall–Kier alpha value is -2.37. The second-order valence-corrected chi connectivity index (χ2v) is 8.60. The molecular weight excluding hydrogens is 364 g/mol. The minimum atomic E-state index is -0.332. The predicted molar refractivity (Wildman–Crippen MR) is 113 cm³/mol. The van der Waals surface area contributed by atoms with Crippen molar-refractivity contribution in [2.45, 2.75) is 42.7 Å². The summed E-state index contributed by atoms with van der Waals surface area (Å²) in [5.41, 5.74) is 1.21. The molecular formula is C24H30N2O3. The summed E-state index contributed by atoms with van der Waals surface area (Å²) in [6.07, 6.45) is 3.47. The third kappa shape index (κ3) is 3.53. The van der Waals surface area contributed by atoms with Gasteiger partial charge in [0.05, 0.1) is 5.60 Å². The van der Waals surface area contributed by atoms with Crippen LogP contribution < -0.4 is 5.32 Å². The second-order valence-electron chi connectivity index (χ2n) is 8.60. The van der Waals surface area contributed by atoms with Crippen LogP contribution in [0.3, 0.4) is 0 Å². The van der Waals surface area contributed by atoms with Crippen LogP contribution in [0.4, 0.5) is 0 Å². The van der Waals surface area contributed by atoms with E-state index in [1.807, 2.05) is 42.5 Å². The number of ether oxygens (including phenoxy) is 1. The van der Waals surface area contributed by atoms with Gasteiger partial charge in [0.2, 0.25) is 0 Å². The Bertz CT molecular complexity index is 871. The molecule has 29 heavy (non-hydrogen) atoms. The molecule has 154 valence electrons. The molecule has 2 unspecified atom stereocenters. The number of fused-ring (bicyclic) bond motifs is 1. The van der Waals surface area contributed by atoms with Crippen LogP contribution in [-0.4, -0.2) is 54.8 Å². The van der Waals surface area contributed by atoms with Gasteiger partial charge in [-0.25, -0.2) is 0 Å². The van der Waals surface area contributed by atoms with Crippen LogP contribution in [0.2, 0.25) is 0 Å². The van der Waals surface area contributed by atoms with Gasteiger partial charge >= 0.3 is 0 Å². The van der Waals surface area contributed by atoms with Crippen molar-refractivity contribution in [3.63, 3.8) is 0 Å². The molecule has 1 saturated carbocycles. The van der Waals surface area contributed by atoms with Gasteiger partial charge < -0.3 is 20.1 Å². The van der Waals surface area contributed by atoms with Crippen LogP contribution in [-0.2, 0) is 10.2 Å². The average molecular weight is 395 g/mol. The molecule has 5 heteroatoms. The van der Waals surface area contributed by atoms with Gasteiger partial charge in [-0.05, 0) is 69.1 Å². The summed E-state index contributed by atoms with van der Waals surface area (Å²) >= 11 is 0. The zero-order valence-electron chi connectivity index (χ0n) is 17.2. The molecule has 1 heterocycles. The number of aromatic hydroxyl groups is 1. The lowest BCUT2D eigenvalue weighted by Crippen LogP contribution is -2.67. The zero-order chi connectivity index (χ0) is 20.5. The highest BCUT2D eigenvalue weighted by Gasteiger charge is 2.58. The van der Waals surface area contributed by atoms with Gasteiger partial charge in [-0.15, -0.1) is 0 Å². The number of rotatable bonds is 4. The van der Waals surface area contributed by atoms with Crippen LogP contribution in [0.5, 0.6) is 5.75 Å². The SMILES string of the molecule is COC12CC[C@@H](NC(=O)c3ccccc3)CC1(c1cccc(O)c1)CCN(C)C2. The Morgan fingerprint density at radius 3 is 2.69 bits per heavy atom. The maximum atomic E-state index is 12.8. The molecule has 2 aromatic rings. The van der Waals surface area contributed by atoms with E-state index >= 15 is 0 Å². The lowest BCUT2D eigenvalue weighted by molar-refractivity contribution is -0.144. The summed E-state index contributed by atoms with van der Waals surface area (Å²) < 4.78 is 6.25. The van der Waals surface area contributed by atoms with Crippen LogP contribution in [0.1, 0.15) is 41.6 Å². The number of carbonyl (C=O) groups is 1. The number of piperidine rings is 1. The fourth-order valence-electron chi connectivity index (χ4n) is 5.48. The number of hydrogen-bond acceptors (Lipinski definition) is 4. The number of phenolic OH excluding ortho intramolecular Hbond substituents is 1. The molecule has 2 fully saturated rings. The van der Waals surface area contributed by atoms with Crippen LogP contribution >= 0.6 is 0 Å².